The van der Waals surface area contributed by atoms with E-state index in [1.54, 1.807) is 11.8 Å². The standard InChI is InChI=1S/C23H23FN2O5S2/c1-30-21-15-17(33(28,29)26-20-11-7-6-10-19(20)24)14-18(22(21)31-2)23(27)25-12-13-32-16-8-4-3-5-9-16/h3-11,14-15,26H,12-13H2,1-2H3,(H,25,27). The van der Waals surface area contributed by atoms with Crippen LogP contribution >= 0.6 is 11.8 Å². The van der Waals surface area contributed by atoms with E-state index in [1.807, 2.05) is 30.3 Å². The normalized spacial score (nSPS) is 11.0. The third-order valence-corrected chi connectivity index (χ3v) is 6.88. The highest BCUT2D eigenvalue weighted by molar-refractivity contribution is 7.99. The zero-order valence-corrected chi connectivity index (χ0v) is 19.6. The van der Waals surface area contributed by atoms with Crippen LogP contribution in [0.25, 0.3) is 0 Å². The Kier molecular flexibility index (Phi) is 8.18. The molecule has 0 spiro atoms. The van der Waals surface area contributed by atoms with E-state index in [4.69, 9.17) is 9.47 Å². The molecule has 7 nitrogen and oxygen atoms in total. The summed E-state index contributed by atoms with van der Waals surface area (Å²) in [6.45, 7) is 0.342. The van der Waals surface area contributed by atoms with Crippen molar-refractivity contribution in [3.8, 4) is 11.5 Å². The van der Waals surface area contributed by atoms with E-state index in [-0.39, 0.29) is 27.6 Å². The lowest BCUT2D eigenvalue weighted by Gasteiger charge is -2.16. The van der Waals surface area contributed by atoms with Crippen molar-refractivity contribution in [1.82, 2.24) is 5.32 Å². The summed E-state index contributed by atoms with van der Waals surface area (Å²) in [4.78, 5) is 13.7. The van der Waals surface area contributed by atoms with Gasteiger partial charge in [0.15, 0.2) is 11.5 Å². The molecule has 174 valence electrons. The van der Waals surface area contributed by atoms with E-state index in [0.29, 0.717) is 12.3 Å². The van der Waals surface area contributed by atoms with Gasteiger partial charge >= 0.3 is 0 Å². The van der Waals surface area contributed by atoms with Crippen LogP contribution in [0, 0.1) is 5.82 Å². The molecule has 1 amide bonds. The van der Waals surface area contributed by atoms with Crippen molar-refractivity contribution in [2.75, 3.05) is 31.2 Å². The van der Waals surface area contributed by atoms with E-state index in [0.717, 1.165) is 11.0 Å². The Morgan fingerprint density at radius 3 is 2.36 bits per heavy atom. The Morgan fingerprint density at radius 1 is 1.00 bits per heavy atom. The van der Waals surface area contributed by atoms with Gasteiger partial charge in [0, 0.05) is 23.3 Å². The van der Waals surface area contributed by atoms with Crippen molar-refractivity contribution < 1.29 is 27.1 Å². The molecule has 0 aromatic heterocycles. The van der Waals surface area contributed by atoms with Crippen LogP contribution in [0.5, 0.6) is 11.5 Å². The number of carbonyl (C=O) groups is 1. The van der Waals surface area contributed by atoms with Gasteiger partial charge in [-0.3, -0.25) is 9.52 Å². The molecule has 0 heterocycles. The first kappa shape index (κ1) is 24.4. The van der Waals surface area contributed by atoms with Crippen LogP contribution in [0.2, 0.25) is 0 Å². The summed E-state index contributed by atoms with van der Waals surface area (Å²) in [6, 6.07) is 17.5. The highest BCUT2D eigenvalue weighted by atomic mass is 32.2. The van der Waals surface area contributed by atoms with Crippen molar-refractivity contribution in [3.63, 3.8) is 0 Å². The Morgan fingerprint density at radius 2 is 1.70 bits per heavy atom. The number of sulfonamides is 1. The van der Waals surface area contributed by atoms with Crippen molar-refractivity contribution in [1.29, 1.82) is 0 Å². The third-order valence-electron chi connectivity index (χ3n) is 4.53. The van der Waals surface area contributed by atoms with Crippen LogP contribution in [0.1, 0.15) is 10.4 Å². The fourth-order valence-corrected chi connectivity index (χ4v) is 4.85. The maximum absolute atomic E-state index is 14.0. The molecule has 10 heteroatoms. The molecule has 0 bridgehead atoms. The number of nitrogens with one attached hydrogen (secondary N) is 2. The fourth-order valence-electron chi connectivity index (χ4n) is 2.96. The van der Waals surface area contributed by atoms with Crippen molar-refractivity contribution in [3.05, 3.63) is 78.1 Å². The topological polar surface area (TPSA) is 93.7 Å². The summed E-state index contributed by atoms with van der Waals surface area (Å²) in [5, 5.41) is 2.76. The van der Waals surface area contributed by atoms with Gasteiger partial charge in [0.2, 0.25) is 0 Å². The van der Waals surface area contributed by atoms with Gasteiger partial charge < -0.3 is 14.8 Å². The SMILES string of the molecule is COc1cc(S(=O)(=O)Nc2ccccc2F)cc(C(=O)NCCSc2ccccc2)c1OC. The lowest BCUT2D eigenvalue weighted by atomic mass is 10.1. The number of methoxy groups -OCH3 is 2. The van der Waals surface area contributed by atoms with E-state index in [2.05, 4.69) is 10.0 Å². The van der Waals surface area contributed by atoms with Crippen LogP contribution in [-0.4, -0.2) is 40.8 Å². The average molecular weight is 491 g/mol. The number of ether oxygens (including phenoxy) is 2. The lowest BCUT2D eigenvalue weighted by molar-refractivity contribution is 0.0952. The number of halogens is 1. The first-order chi connectivity index (χ1) is 15.9. The summed E-state index contributed by atoms with van der Waals surface area (Å²) in [5.41, 5.74) is -0.230. The van der Waals surface area contributed by atoms with Crippen molar-refractivity contribution >= 4 is 33.4 Å². The van der Waals surface area contributed by atoms with Crippen LogP contribution in [0.4, 0.5) is 10.1 Å². The third kappa shape index (κ3) is 6.17. The van der Waals surface area contributed by atoms with Gasteiger partial charge in [0.1, 0.15) is 5.82 Å². The number of rotatable bonds is 10. The summed E-state index contributed by atoms with van der Waals surface area (Å²) < 4.78 is 52.5. The largest absolute Gasteiger partial charge is 0.493 e. The first-order valence-electron chi connectivity index (χ1n) is 9.85. The summed E-state index contributed by atoms with van der Waals surface area (Å²) in [5.74, 6) is -0.493. The number of amides is 1. The van der Waals surface area contributed by atoms with Crippen molar-refractivity contribution in [2.24, 2.45) is 0 Å². The molecule has 0 aliphatic rings. The second-order valence-electron chi connectivity index (χ2n) is 6.71. The Bertz CT molecular complexity index is 1220. The van der Waals surface area contributed by atoms with Gasteiger partial charge in [-0.05, 0) is 30.3 Å². The molecule has 0 unspecified atom stereocenters. The first-order valence-corrected chi connectivity index (χ1v) is 12.3. The smallest absolute Gasteiger partial charge is 0.262 e. The predicted octanol–water partition coefficient (Wildman–Crippen LogP) is 4.17. The lowest BCUT2D eigenvalue weighted by Crippen LogP contribution is -2.27. The van der Waals surface area contributed by atoms with Gasteiger partial charge in [-0.15, -0.1) is 11.8 Å². The molecule has 0 fully saturated rings. The Labute approximate surface area is 196 Å². The molecule has 33 heavy (non-hydrogen) atoms. The number of hydrogen-bond donors (Lipinski definition) is 2. The van der Waals surface area contributed by atoms with E-state index < -0.39 is 21.7 Å². The highest BCUT2D eigenvalue weighted by Crippen LogP contribution is 2.35. The van der Waals surface area contributed by atoms with Crippen LogP contribution < -0.4 is 19.5 Å². The van der Waals surface area contributed by atoms with Gasteiger partial charge in [-0.2, -0.15) is 0 Å². The number of carbonyl (C=O) groups excluding carboxylic acids is 1. The molecule has 3 aromatic rings. The van der Waals surface area contributed by atoms with Crippen LogP contribution in [0.15, 0.2) is 76.5 Å². The van der Waals surface area contributed by atoms with Crippen LogP contribution in [0.3, 0.4) is 0 Å². The number of benzene rings is 3. The fraction of sp³-hybridized carbons (Fsp3) is 0.174. The maximum atomic E-state index is 14.0. The summed E-state index contributed by atoms with van der Waals surface area (Å²) in [7, 11) is -1.54. The molecule has 0 saturated heterocycles. The number of thioether (sulfide) groups is 1. The van der Waals surface area contributed by atoms with E-state index in [1.165, 1.54) is 44.6 Å². The molecule has 0 saturated carbocycles. The number of hydrogen-bond acceptors (Lipinski definition) is 6. The van der Waals surface area contributed by atoms with Gasteiger partial charge in [-0.1, -0.05) is 30.3 Å². The maximum Gasteiger partial charge on any atom is 0.262 e. The van der Waals surface area contributed by atoms with Gasteiger partial charge in [0.05, 0.1) is 30.4 Å². The molecule has 0 aliphatic heterocycles. The molecular weight excluding hydrogens is 467 g/mol. The molecular formula is C23H23FN2O5S2. The molecule has 0 radical (unpaired) electrons. The second kappa shape index (κ2) is 11.1. The summed E-state index contributed by atoms with van der Waals surface area (Å²) >= 11 is 1.57. The zero-order chi connectivity index (χ0) is 23.8. The van der Waals surface area contributed by atoms with Crippen LogP contribution in [-0.2, 0) is 10.0 Å². The molecule has 3 rings (SSSR count). The monoisotopic (exact) mass is 490 g/mol. The minimum absolute atomic E-state index is 0.0181. The zero-order valence-electron chi connectivity index (χ0n) is 18.0. The van der Waals surface area contributed by atoms with E-state index >= 15 is 0 Å². The quantitative estimate of drug-likeness (QED) is 0.327. The van der Waals surface area contributed by atoms with Gasteiger partial charge in [-0.25, -0.2) is 12.8 Å². The number of para-hydroxylation sites is 1. The molecule has 0 atom stereocenters. The van der Waals surface area contributed by atoms with Gasteiger partial charge in [0.25, 0.3) is 15.9 Å². The minimum atomic E-state index is -4.22. The molecule has 0 aliphatic carbocycles. The Balaban J connectivity index is 1.82. The average Bonchev–Trinajstić information content (AvgIpc) is 2.82. The second-order valence-corrected chi connectivity index (χ2v) is 9.56. The number of anilines is 1. The molecule has 3 aromatic carbocycles. The predicted molar refractivity (Wildman–Crippen MR) is 126 cm³/mol. The van der Waals surface area contributed by atoms with Crippen molar-refractivity contribution in [2.45, 2.75) is 9.79 Å². The highest BCUT2D eigenvalue weighted by Gasteiger charge is 2.24. The molecule has 2 N–H and O–H groups in total. The minimum Gasteiger partial charge on any atom is -0.493 e. The summed E-state index contributed by atoms with van der Waals surface area (Å²) in [6.07, 6.45) is 0. The Hall–Kier alpha value is -3.24. The van der Waals surface area contributed by atoms with E-state index in [9.17, 15) is 17.6 Å².